The number of rotatable bonds is 4. The molecule has 0 radical (unpaired) electrons. The molecule has 110 valence electrons. The Bertz CT molecular complexity index is 634. The van der Waals surface area contributed by atoms with E-state index in [4.69, 9.17) is 23.1 Å². The molecule has 0 amide bonds. The van der Waals surface area contributed by atoms with Crippen molar-refractivity contribution in [3.63, 3.8) is 0 Å². The van der Waals surface area contributed by atoms with E-state index in [0.29, 0.717) is 13.0 Å². The van der Waals surface area contributed by atoms with Crippen LogP contribution in [0.3, 0.4) is 0 Å². The summed E-state index contributed by atoms with van der Waals surface area (Å²) in [4.78, 5) is -0.511. The van der Waals surface area contributed by atoms with Crippen molar-refractivity contribution in [3.05, 3.63) is 29.6 Å². The van der Waals surface area contributed by atoms with Crippen LogP contribution < -0.4 is 5.73 Å². The summed E-state index contributed by atoms with van der Waals surface area (Å²) in [6, 6.07) is 3.72. The average Bonchev–Trinajstić information content (AvgIpc) is 2.87. The third-order valence-electron chi connectivity index (χ3n) is 3.35. The first-order chi connectivity index (χ1) is 9.37. The number of hydrogen-bond acceptors (Lipinski definition) is 4. The van der Waals surface area contributed by atoms with Crippen molar-refractivity contribution in [1.29, 1.82) is 0 Å². The van der Waals surface area contributed by atoms with E-state index in [9.17, 15) is 12.8 Å². The summed E-state index contributed by atoms with van der Waals surface area (Å²) in [5.74, 6) is -0.844. The van der Waals surface area contributed by atoms with Gasteiger partial charge in [-0.1, -0.05) is 18.3 Å². The first kappa shape index (κ1) is 15.3. The Morgan fingerprint density at radius 1 is 1.55 bits per heavy atom. The van der Waals surface area contributed by atoms with Crippen LogP contribution in [-0.4, -0.2) is 42.5 Å². The Labute approximate surface area is 122 Å². The molecule has 1 fully saturated rings. The maximum Gasteiger partial charge on any atom is 0.243 e. The number of nitrogens with zero attached hydrogens (tertiary/aromatic N) is 1. The minimum Gasteiger partial charge on any atom is -0.396 e. The zero-order valence-electron chi connectivity index (χ0n) is 10.6. The van der Waals surface area contributed by atoms with Crippen LogP contribution >= 0.6 is 12.2 Å². The number of sulfonamides is 1. The van der Waals surface area contributed by atoms with E-state index in [1.165, 1.54) is 16.4 Å². The fourth-order valence-electron chi connectivity index (χ4n) is 2.26. The molecule has 5 nitrogen and oxygen atoms in total. The van der Waals surface area contributed by atoms with E-state index < -0.39 is 15.8 Å². The fraction of sp³-hybridized carbons (Fsp3) is 0.417. The summed E-state index contributed by atoms with van der Waals surface area (Å²) in [5, 5.41) is 9.08. The minimum absolute atomic E-state index is 0.0721. The number of nitrogens with two attached hydrogens (primary N) is 1. The molecule has 1 aromatic rings. The first-order valence-electron chi connectivity index (χ1n) is 6.07. The molecule has 1 aliphatic rings. The summed E-state index contributed by atoms with van der Waals surface area (Å²) in [6.45, 7) is 0.435. The summed E-state index contributed by atoms with van der Waals surface area (Å²) in [7, 11) is -3.87. The van der Waals surface area contributed by atoms with Gasteiger partial charge in [-0.3, -0.25) is 0 Å². The Morgan fingerprint density at radius 3 is 2.80 bits per heavy atom. The van der Waals surface area contributed by atoms with Crippen LogP contribution in [0.25, 0.3) is 0 Å². The van der Waals surface area contributed by atoms with Crippen molar-refractivity contribution in [2.75, 3.05) is 19.7 Å². The van der Waals surface area contributed by atoms with Crippen LogP contribution in [-0.2, 0) is 10.0 Å². The maximum atomic E-state index is 13.8. The van der Waals surface area contributed by atoms with Crippen LogP contribution in [0.2, 0.25) is 0 Å². The van der Waals surface area contributed by atoms with Gasteiger partial charge < -0.3 is 10.8 Å². The number of thiocarbonyl (C=S) groups is 1. The highest BCUT2D eigenvalue weighted by molar-refractivity contribution is 7.89. The highest BCUT2D eigenvalue weighted by Crippen LogP contribution is 2.27. The van der Waals surface area contributed by atoms with Crippen molar-refractivity contribution in [3.8, 4) is 0 Å². The smallest absolute Gasteiger partial charge is 0.243 e. The van der Waals surface area contributed by atoms with Gasteiger partial charge in [-0.15, -0.1) is 0 Å². The van der Waals surface area contributed by atoms with Gasteiger partial charge >= 0.3 is 0 Å². The van der Waals surface area contributed by atoms with Gasteiger partial charge in [0, 0.05) is 19.7 Å². The largest absolute Gasteiger partial charge is 0.396 e. The number of benzene rings is 1. The molecule has 1 aromatic carbocycles. The Kier molecular flexibility index (Phi) is 4.38. The summed E-state index contributed by atoms with van der Waals surface area (Å²) >= 11 is 4.74. The Balaban J connectivity index is 2.46. The van der Waals surface area contributed by atoms with Gasteiger partial charge in [0.05, 0.1) is 10.5 Å². The van der Waals surface area contributed by atoms with E-state index in [1.807, 2.05) is 0 Å². The van der Waals surface area contributed by atoms with E-state index in [2.05, 4.69) is 0 Å². The van der Waals surface area contributed by atoms with Gasteiger partial charge in [-0.2, -0.15) is 4.31 Å². The van der Waals surface area contributed by atoms with Crippen molar-refractivity contribution >= 4 is 27.2 Å². The van der Waals surface area contributed by atoms with Crippen LogP contribution in [0.15, 0.2) is 23.1 Å². The summed E-state index contributed by atoms with van der Waals surface area (Å²) in [5.41, 5.74) is 5.18. The third kappa shape index (κ3) is 2.69. The molecular weight excluding hydrogens is 303 g/mol. The maximum absolute atomic E-state index is 13.8. The number of aliphatic hydroxyl groups excluding tert-OH is 1. The minimum atomic E-state index is -3.87. The van der Waals surface area contributed by atoms with E-state index >= 15 is 0 Å². The van der Waals surface area contributed by atoms with Crippen LogP contribution in [0.5, 0.6) is 0 Å². The lowest BCUT2D eigenvalue weighted by Gasteiger charge is -2.18. The van der Waals surface area contributed by atoms with Gasteiger partial charge in [-0.05, 0) is 24.5 Å². The molecule has 0 saturated carbocycles. The van der Waals surface area contributed by atoms with Crippen LogP contribution in [0, 0.1) is 11.7 Å². The highest BCUT2D eigenvalue weighted by Gasteiger charge is 2.34. The molecule has 1 saturated heterocycles. The molecule has 1 heterocycles. The molecule has 20 heavy (non-hydrogen) atoms. The lowest BCUT2D eigenvalue weighted by molar-refractivity contribution is 0.233. The molecule has 1 atom stereocenters. The highest BCUT2D eigenvalue weighted by atomic mass is 32.2. The second-order valence-corrected chi connectivity index (χ2v) is 7.02. The average molecular weight is 318 g/mol. The lowest BCUT2D eigenvalue weighted by Crippen LogP contribution is -2.31. The molecule has 3 N–H and O–H groups in total. The Hall–Kier alpha value is -1.09. The lowest BCUT2D eigenvalue weighted by atomic mass is 10.1. The molecule has 0 aromatic heterocycles. The van der Waals surface area contributed by atoms with Crippen molar-refractivity contribution < 1.29 is 17.9 Å². The molecule has 1 aliphatic heterocycles. The second kappa shape index (κ2) is 5.72. The van der Waals surface area contributed by atoms with E-state index in [0.717, 1.165) is 6.07 Å². The molecule has 2 rings (SSSR count). The van der Waals surface area contributed by atoms with Gasteiger partial charge in [0.25, 0.3) is 0 Å². The monoisotopic (exact) mass is 318 g/mol. The van der Waals surface area contributed by atoms with Crippen molar-refractivity contribution in [2.24, 2.45) is 11.7 Å². The third-order valence-corrected chi connectivity index (χ3v) is 5.46. The van der Waals surface area contributed by atoms with Gasteiger partial charge in [0.1, 0.15) is 10.8 Å². The summed E-state index contributed by atoms with van der Waals surface area (Å²) in [6.07, 6.45) is 0.577. The predicted octanol–water partition coefficient (Wildman–Crippen LogP) is 0.463. The number of hydrogen-bond donors (Lipinski definition) is 2. The van der Waals surface area contributed by atoms with E-state index in [1.54, 1.807) is 0 Å². The fourth-order valence-corrected chi connectivity index (χ4v) is 4.28. The van der Waals surface area contributed by atoms with Crippen LogP contribution in [0.1, 0.15) is 12.0 Å². The summed E-state index contributed by atoms with van der Waals surface area (Å²) < 4.78 is 40.1. The molecule has 0 bridgehead atoms. The number of aliphatic hydroxyl groups is 1. The predicted molar refractivity (Wildman–Crippen MR) is 76.2 cm³/mol. The van der Waals surface area contributed by atoms with Crippen molar-refractivity contribution in [2.45, 2.75) is 11.3 Å². The molecule has 1 unspecified atom stereocenters. The molecule has 8 heteroatoms. The van der Waals surface area contributed by atoms with Crippen LogP contribution in [0.4, 0.5) is 4.39 Å². The number of halogens is 1. The van der Waals surface area contributed by atoms with E-state index in [-0.39, 0.29) is 34.5 Å². The zero-order valence-corrected chi connectivity index (χ0v) is 12.3. The van der Waals surface area contributed by atoms with Gasteiger partial charge in [-0.25, -0.2) is 12.8 Å². The topological polar surface area (TPSA) is 83.6 Å². The SMILES string of the molecule is NC(=S)c1c(F)cccc1S(=O)(=O)N1CCC(CO)C1. The zero-order chi connectivity index (χ0) is 14.9. The molecule has 0 aliphatic carbocycles. The second-order valence-electron chi connectivity index (χ2n) is 4.68. The van der Waals surface area contributed by atoms with Gasteiger partial charge in [0.15, 0.2) is 0 Å². The normalized spacial score (nSPS) is 20.2. The first-order valence-corrected chi connectivity index (χ1v) is 7.92. The molecule has 0 spiro atoms. The molecular formula is C12H15FN2O3S2. The van der Waals surface area contributed by atoms with Crippen molar-refractivity contribution in [1.82, 2.24) is 4.31 Å². The quantitative estimate of drug-likeness (QED) is 0.788. The standard InChI is InChI=1S/C12H15FN2O3S2/c13-9-2-1-3-10(11(9)12(14)19)20(17,18)15-5-4-8(6-15)7-16/h1-3,8,16H,4-7H2,(H2,14,19). The Morgan fingerprint density at radius 2 is 2.25 bits per heavy atom. The van der Waals surface area contributed by atoms with Gasteiger partial charge in [0.2, 0.25) is 10.0 Å².